The van der Waals surface area contributed by atoms with E-state index in [9.17, 15) is 17.6 Å². The van der Waals surface area contributed by atoms with Gasteiger partial charge in [0.05, 0.1) is 12.4 Å². The first kappa shape index (κ1) is 20.2. The number of hydrogen-bond acceptors (Lipinski definition) is 4. The minimum absolute atomic E-state index is 0.0256. The van der Waals surface area contributed by atoms with Crippen molar-refractivity contribution in [3.8, 4) is 0 Å². The van der Waals surface area contributed by atoms with Crippen LogP contribution in [0.25, 0.3) is 0 Å². The molecule has 2 atom stereocenters. The molecule has 3 aromatic rings. The van der Waals surface area contributed by atoms with Gasteiger partial charge in [-0.25, -0.2) is 17.8 Å². The molecule has 9 heteroatoms. The van der Waals surface area contributed by atoms with E-state index >= 15 is 0 Å². The fourth-order valence-electron chi connectivity index (χ4n) is 3.66. The third kappa shape index (κ3) is 3.99. The monoisotopic (exact) mass is 428 g/mol. The summed E-state index contributed by atoms with van der Waals surface area (Å²) in [7, 11) is -2.09. The Morgan fingerprint density at radius 2 is 1.80 bits per heavy atom. The quantitative estimate of drug-likeness (QED) is 0.675. The summed E-state index contributed by atoms with van der Waals surface area (Å²) in [6, 6.07) is 14.3. The zero-order valence-electron chi connectivity index (χ0n) is 16.3. The fraction of sp³-hybridized carbons (Fsp3) is 0.238. The van der Waals surface area contributed by atoms with Crippen LogP contribution in [0.15, 0.2) is 72.1 Å². The molecule has 1 aliphatic heterocycles. The highest BCUT2D eigenvalue weighted by molar-refractivity contribution is 7.89. The maximum Gasteiger partial charge on any atom is 0.262 e. The number of sulfonamides is 1. The molecule has 1 N–H and O–H groups in total. The average Bonchev–Trinajstić information content (AvgIpc) is 3.36. The van der Waals surface area contributed by atoms with Crippen molar-refractivity contribution in [3.63, 3.8) is 0 Å². The summed E-state index contributed by atoms with van der Waals surface area (Å²) in [4.78, 5) is 16.7. The van der Waals surface area contributed by atoms with Crippen LogP contribution in [-0.4, -0.2) is 47.3 Å². The van der Waals surface area contributed by atoms with Gasteiger partial charge < -0.3 is 9.88 Å². The molecule has 0 radical (unpaired) electrons. The van der Waals surface area contributed by atoms with E-state index in [1.165, 1.54) is 41.1 Å². The van der Waals surface area contributed by atoms with Crippen LogP contribution in [0.5, 0.6) is 0 Å². The summed E-state index contributed by atoms with van der Waals surface area (Å²) in [5.41, 5.74) is 1.25. The molecule has 1 amide bonds. The molecule has 4 rings (SSSR count). The molecule has 2 aromatic carbocycles. The maximum absolute atomic E-state index is 13.2. The molecule has 2 heterocycles. The minimum Gasteiger partial charge on any atom is -0.347 e. The van der Waals surface area contributed by atoms with Gasteiger partial charge in [-0.2, -0.15) is 4.31 Å². The smallest absolute Gasteiger partial charge is 0.262 e. The van der Waals surface area contributed by atoms with Crippen LogP contribution in [-0.2, 0) is 17.1 Å². The van der Waals surface area contributed by atoms with Gasteiger partial charge in [-0.1, -0.05) is 30.3 Å². The van der Waals surface area contributed by atoms with Gasteiger partial charge in [0.25, 0.3) is 15.9 Å². The van der Waals surface area contributed by atoms with Crippen LogP contribution in [0, 0.1) is 5.82 Å². The van der Waals surface area contributed by atoms with Gasteiger partial charge in [0, 0.05) is 37.8 Å². The fourth-order valence-corrected chi connectivity index (χ4v) is 5.11. The number of hydrogen-bond donors (Lipinski definition) is 1. The van der Waals surface area contributed by atoms with Crippen molar-refractivity contribution < 1.29 is 17.6 Å². The predicted molar refractivity (Wildman–Crippen MR) is 109 cm³/mol. The topological polar surface area (TPSA) is 84.3 Å². The van der Waals surface area contributed by atoms with Crippen molar-refractivity contribution in [1.82, 2.24) is 19.2 Å². The van der Waals surface area contributed by atoms with E-state index in [1.54, 1.807) is 11.6 Å². The van der Waals surface area contributed by atoms with E-state index < -0.39 is 21.9 Å². The number of carbonyl (C=O) groups excluding carboxylic acids is 1. The van der Waals surface area contributed by atoms with E-state index in [4.69, 9.17) is 0 Å². The maximum atomic E-state index is 13.2. The average molecular weight is 428 g/mol. The molecule has 1 aromatic heterocycles. The van der Waals surface area contributed by atoms with Crippen molar-refractivity contribution in [3.05, 3.63) is 84.1 Å². The highest BCUT2D eigenvalue weighted by Gasteiger charge is 2.41. The van der Waals surface area contributed by atoms with Crippen LogP contribution >= 0.6 is 0 Å². The highest BCUT2D eigenvalue weighted by atomic mass is 32.2. The third-order valence-corrected chi connectivity index (χ3v) is 6.94. The number of carbonyl (C=O) groups is 1. The molecule has 30 heavy (non-hydrogen) atoms. The molecule has 1 fully saturated rings. The lowest BCUT2D eigenvalue weighted by Gasteiger charge is -2.20. The molecule has 0 spiro atoms. The lowest BCUT2D eigenvalue weighted by Crippen LogP contribution is -2.40. The first-order valence-corrected chi connectivity index (χ1v) is 10.9. The Labute approximate surface area is 174 Å². The highest BCUT2D eigenvalue weighted by Crippen LogP contribution is 2.31. The summed E-state index contributed by atoms with van der Waals surface area (Å²) >= 11 is 0. The summed E-state index contributed by atoms with van der Waals surface area (Å²) < 4.78 is 42.2. The van der Waals surface area contributed by atoms with E-state index in [-0.39, 0.29) is 29.9 Å². The Morgan fingerprint density at radius 3 is 2.43 bits per heavy atom. The Bertz CT molecular complexity index is 1150. The lowest BCUT2D eigenvalue weighted by atomic mass is 9.94. The zero-order chi connectivity index (χ0) is 21.3. The zero-order valence-corrected chi connectivity index (χ0v) is 17.1. The van der Waals surface area contributed by atoms with E-state index in [0.717, 1.165) is 5.56 Å². The van der Waals surface area contributed by atoms with Gasteiger partial charge in [0.15, 0.2) is 5.03 Å². The number of halogens is 1. The van der Waals surface area contributed by atoms with E-state index in [1.807, 2.05) is 30.3 Å². The molecule has 156 valence electrons. The van der Waals surface area contributed by atoms with Crippen molar-refractivity contribution >= 4 is 15.9 Å². The summed E-state index contributed by atoms with van der Waals surface area (Å²) in [6.07, 6.45) is 2.89. The van der Waals surface area contributed by atoms with Gasteiger partial charge in [-0.3, -0.25) is 4.79 Å². The predicted octanol–water partition coefficient (Wildman–Crippen LogP) is 2.15. The van der Waals surface area contributed by atoms with Crippen molar-refractivity contribution in [2.45, 2.75) is 17.0 Å². The van der Waals surface area contributed by atoms with Crippen molar-refractivity contribution in [2.75, 3.05) is 13.1 Å². The Hall–Kier alpha value is -3.04. The van der Waals surface area contributed by atoms with Gasteiger partial charge in [0.1, 0.15) is 5.82 Å². The first-order chi connectivity index (χ1) is 14.3. The molecule has 0 aliphatic carbocycles. The SMILES string of the molecule is Cn1cnc(S(=O)(=O)N2CC(NC(=O)c3ccc(F)cc3)C(c3ccccc3)C2)c1. The summed E-state index contributed by atoms with van der Waals surface area (Å²) in [5, 5.41) is 2.90. The number of nitrogens with one attached hydrogen (secondary N) is 1. The van der Waals surface area contributed by atoms with Crippen molar-refractivity contribution in [2.24, 2.45) is 7.05 Å². The van der Waals surface area contributed by atoms with Gasteiger partial charge in [-0.05, 0) is 29.8 Å². The van der Waals surface area contributed by atoms with Crippen LogP contribution in [0.1, 0.15) is 21.8 Å². The van der Waals surface area contributed by atoms with E-state index in [2.05, 4.69) is 10.3 Å². The van der Waals surface area contributed by atoms with Gasteiger partial charge in [-0.15, -0.1) is 0 Å². The number of imidazole rings is 1. The molecule has 2 unspecified atom stereocenters. The largest absolute Gasteiger partial charge is 0.347 e. The summed E-state index contributed by atoms with van der Waals surface area (Å²) in [5.74, 6) is -1.03. The summed E-state index contributed by atoms with van der Waals surface area (Å²) in [6.45, 7) is 0.336. The van der Waals surface area contributed by atoms with Gasteiger partial charge >= 0.3 is 0 Å². The van der Waals surface area contributed by atoms with Crippen LogP contribution < -0.4 is 5.32 Å². The Balaban J connectivity index is 1.61. The number of aryl methyl sites for hydroxylation is 1. The molecular formula is C21H21FN4O3S. The lowest BCUT2D eigenvalue weighted by molar-refractivity contribution is 0.0936. The van der Waals surface area contributed by atoms with Crippen LogP contribution in [0.3, 0.4) is 0 Å². The van der Waals surface area contributed by atoms with Crippen LogP contribution in [0.2, 0.25) is 0 Å². The normalized spacial score (nSPS) is 19.7. The minimum atomic E-state index is -3.80. The second-order valence-corrected chi connectivity index (χ2v) is 9.19. The van der Waals surface area contributed by atoms with Crippen molar-refractivity contribution in [1.29, 1.82) is 0 Å². The van der Waals surface area contributed by atoms with Crippen LogP contribution in [0.4, 0.5) is 4.39 Å². The Kier molecular flexibility index (Phi) is 5.40. The second kappa shape index (κ2) is 8.00. The number of amides is 1. The standard InChI is InChI=1S/C21H21FN4O3S/c1-25-13-20(23-14-25)30(28,29)26-11-18(15-5-3-2-4-6-15)19(12-26)24-21(27)16-7-9-17(22)10-8-16/h2-10,13-14,18-19H,11-12H2,1H3,(H,24,27). The Morgan fingerprint density at radius 1 is 1.10 bits per heavy atom. The van der Waals surface area contributed by atoms with Gasteiger partial charge in [0.2, 0.25) is 0 Å². The number of rotatable bonds is 5. The first-order valence-electron chi connectivity index (χ1n) is 9.44. The number of nitrogens with zero attached hydrogens (tertiary/aromatic N) is 3. The molecule has 0 saturated carbocycles. The molecule has 7 nitrogen and oxygen atoms in total. The molecule has 1 saturated heterocycles. The molecule has 0 bridgehead atoms. The number of aromatic nitrogens is 2. The molecule has 1 aliphatic rings. The number of benzene rings is 2. The second-order valence-electron chi connectivity index (χ2n) is 7.30. The molecular weight excluding hydrogens is 407 g/mol. The third-order valence-electron chi connectivity index (χ3n) is 5.22. The van der Waals surface area contributed by atoms with E-state index in [0.29, 0.717) is 5.56 Å².